The Morgan fingerprint density at radius 2 is 2.00 bits per heavy atom. The van der Waals surface area contributed by atoms with Crippen LogP contribution >= 0.6 is 0 Å². The number of hydrogen-bond acceptors (Lipinski definition) is 2. The molecular weight excluding hydrogens is 178 g/mol. The average molecular weight is 190 g/mol. The first-order valence-electron chi connectivity index (χ1n) is 3.87. The number of hydrogen-bond donors (Lipinski definition) is 1. The lowest BCUT2D eigenvalue weighted by molar-refractivity contribution is -0.140. The van der Waals surface area contributed by atoms with Gasteiger partial charge in [-0.3, -0.25) is 4.79 Å². The smallest absolute Gasteiger partial charge is 0.345 e. The number of nitrogens with one attached hydrogen (secondary N) is 1. The fourth-order valence-corrected chi connectivity index (χ4v) is 0.525. The van der Waals surface area contributed by atoms with Crippen LogP contribution in [0.25, 0.3) is 0 Å². The van der Waals surface area contributed by atoms with Crippen LogP contribution in [0.2, 0.25) is 0 Å². The quantitative estimate of drug-likeness (QED) is 0.732. The lowest BCUT2D eigenvalue weighted by Gasteiger charge is -2.25. The fraction of sp³-hybridized carbons (Fsp3) is 0.750. The molecule has 0 fully saturated rings. The van der Waals surface area contributed by atoms with Crippen LogP contribution in [0.1, 0.15) is 27.2 Å². The highest BCUT2D eigenvalue weighted by atomic mass is 19.3. The van der Waals surface area contributed by atoms with E-state index in [9.17, 15) is 13.6 Å². The zero-order chi connectivity index (χ0) is 10.7. The summed E-state index contributed by atoms with van der Waals surface area (Å²) in [7, 11) is 0. The Morgan fingerprint density at radius 1 is 1.54 bits per heavy atom. The zero-order valence-electron chi connectivity index (χ0n) is 7.82. The minimum Gasteiger partial charge on any atom is -0.345 e. The molecule has 5 heteroatoms. The summed E-state index contributed by atoms with van der Waals surface area (Å²) in [6.07, 6.45) is 0.514. The highest BCUT2D eigenvalue weighted by Gasteiger charge is 2.40. The van der Waals surface area contributed by atoms with Crippen LogP contribution in [0.15, 0.2) is 0 Å². The monoisotopic (exact) mass is 190 g/mol. The van der Waals surface area contributed by atoms with Gasteiger partial charge in [0.15, 0.2) is 0 Å². The maximum Gasteiger partial charge on any atom is 0.408 e. The molecule has 0 radical (unpaired) electrons. The summed E-state index contributed by atoms with van der Waals surface area (Å²) in [6.45, 7) is 4.97. The average Bonchev–Trinajstić information content (AvgIpc) is 2.04. The van der Waals surface area contributed by atoms with Crippen molar-refractivity contribution >= 4 is 5.91 Å². The van der Waals surface area contributed by atoms with E-state index >= 15 is 0 Å². The van der Waals surface area contributed by atoms with Crippen molar-refractivity contribution in [2.45, 2.75) is 38.7 Å². The van der Waals surface area contributed by atoms with E-state index in [0.29, 0.717) is 12.5 Å². The fourth-order valence-electron chi connectivity index (χ4n) is 0.525. The first kappa shape index (κ1) is 11.8. The predicted molar refractivity (Wildman–Crippen MR) is 43.1 cm³/mol. The van der Waals surface area contributed by atoms with Gasteiger partial charge in [0.1, 0.15) is 6.07 Å². The third-order valence-electron chi connectivity index (χ3n) is 1.76. The summed E-state index contributed by atoms with van der Waals surface area (Å²) in [5.41, 5.74) is -0.711. The molecule has 0 bridgehead atoms. The molecule has 0 aliphatic heterocycles. The van der Waals surface area contributed by atoms with Gasteiger partial charge in [0.2, 0.25) is 0 Å². The predicted octanol–water partition coefficient (Wildman–Crippen LogP) is 1.45. The van der Waals surface area contributed by atoms with Crippen molar-refractivity contribution in [3.05, 3.63) is 0 Å². The summed E-state index contributed by atoms with van der Waals surface area (Å²) in [5.74, 6) is -5.48. The molecular formula is C8H12F2N2O. The lowest BCUT2D eigenvalue weighted by Crippen LogP contribution is -2.49. The third kappa shape index (κ3) is 3.36. The van der Waals surface area contributed by atoms with Crippen LogP contribution in [-0.2, 0) is 4.79 Å². The molecule has 0 aromatic carbocycles. The standard InChI is InChI=1S/C8H12F2N2O/c1-4-7(2,3)12-6(13)8(9,10)5-11/h4H2,1-3H3,(H,12,13). The van der Waals surface area contributed by atoms with Crippen molar-refractivity contribution in [1.82, 2.24) is 5.32 Å². The van der Waals surface area contributed by atoms with Crippen LogP contribution in [0.3, 0.4) is 0 Å². The maximum absolute atomic E-state index is 12.4. The van der Waals surface area contributed by atoms with E-state index in [1.807, 2.05) is 0 Å². The normalized spacial score (nSPS) is 12.0. The van der Waals surface area contributed by atoms with Gasteiger partial charge in [-0.25, -0.2) is 0 Å². The Kier molecular flexibility index (Phi) is 3.35. The number of nitrogens with zero attached hydrogens (tertiary/aromatic N) is 1. The molecule has 0 aromatic heterocycles. The van der Waals surface area contributed by atoms with Crippen LogP contribution in [0.4, 0.5) is 8.78 Å². The number of nitriles is 1. The molecule has 0 aliphatic rings. The Balaban J connectivity index is 4.43. The molecule has 0 rings (SSSR count). The maximum atomic E-state index is 12.4. The topological polar surface area (TPSA) is 52.9 Å². The van der Waals surface area contributed by atoms with Gasteiger partial charge in [-0.15, -0.1) is 0 Å². The zero-order valence-corrected chi connectivity index (χ0v) is 7.82. The third-order valence-corrected chi connectivity index (χ3v) is 1.76. The van der Waals surface area contributed by atoms with E-state index in [1.54, 1.807) is 20.8 Å². The van der Waals surface area contributed by atoms with Crippen LogP contribution in [0, 0.1) is 11.3 Å². The summed E-state index contributed by atoms with van der Waals surface area (Å²) in [4.78, 5) is 10.8. The number of carbonyl (C=O) groups is 1. The minimum absolute atomic E-state index is 0.514. The molecule has 0 heterocycles. The summed E-state index contributed by atoms with van der Waals surface area (Å²) in [6, 6.07) is 0.642. The van der Waals surface area contributed by atoms with Crippen LogP contribution in [0.5, 0.6) is 0 Å². The van der Waals surface area contributed by atoms with Gasteiger partial charge in [0.05, 0.1) is 0 Å². The second kappa shape index (κ2) is 3.69. The second-order valence-corrected chi connectivity index (χ2v) is 3.38. The van der Waals surface area contributed by atoms with Crippen LogP contribution in [-0.4, -0.2) is 17.4 Å². The number of rotatable bonds is 3. The summed E-state index contributed by atoms with van der Waals surface area (Å²) >= 11 is 0. The molecule has 0 unspecified atom stereocenters. The molecule has 0 saturated carbocycles. The van der Waals surface area contributed by atoms with Gasteiger partial charge in [-0.05, 0) is 20.3 Å². The SMILES string of the molecule is CCC(C)(C)NC(=O)C(F)(F)C#N. The van der Waals surface area contributed by atoms with E-state index in [0.717, 1.165) is 0 Å². The van der Waals surface area contributed by atoms with Gasteiger partial charge in [0, 0.05) is 5.54 Å². The second-order valence-electron chi connectivity index (χ2n) is 3.38. The Hall–Kier alpha value is -1.18. The van der Waals surface area contributed by atoms with Gasteiger partial charge in [0.25, 0.3) is 0 Å². The molecule has 0 aromatic rings. The minimum atomic E-state index is -3.94. The molecule has 0 aliphatic carbocycles. The van der Waals surface area contributed by atoms with Gasteiger partial charge >= 0.3 is 11.8 Å². The Bertz CT molecular complexity index is 243. The van der Waals surface area contributed by atoms with Crippen molar-refractivity contribution in [2.75, 3.05) is 0 Å². The highest BCUT2D eigenvalue weighted by Crippen LogP contribution is 2.15. The van der Waals surface area contributed by atoms with E-state index in [4.69, 9.17) is 5.26 Å². The molecule has 74 valence electrons. The molecule has 0 saturated heterocycles. The number of amides is 1. The Labute approximate surface area is 75.7 Å². The first-order chi connectivity index (χ1) is 5.75. The van der Waals surface area contributed by atoms with Crippen molar-refractivity contribution in [2.24, 2.45) is 0 Å². The molecule has 1 amide bonds. The Morgan fingerprint density at radius 3 is 2.31 bits per heavy atom. The van der Waals surface area contributed by atoms with Crippen LogP contribution < -0.4 is 5.32 Å². The molecule has 0 atom stereocenters. The molecule has 3 nitrogen and oxygen atoms in total. The van der Waals surface area contributed by atoms with Crippen molar-refractivity contribution < 1.29 is 13.6 Å². The van der Waals surface area contributed by atoms with Gasteiger partial charge in [-0.2, -0.15) is 14.0 Å². The molecule has 0 spiro atoms. The molecule has 1 N–H and O–H groups in total. The van der Waals surface area contributed by atoms with Gasteiger partial charge in [-0.1, -0.05) is 6.92 Å². The van der Waals surface area contributed by atoms with Gasteiger partial charge < -0.3 is 5.32 Å². The van der Waals surface area contributed by atoms with Crippen molar-refractivity contribution in [3.63, 3.8) is 0 Å². The molecule has 13 heavy (non-hydrogen) atoms. The van der Waals surface area contributed by atoms with E-state index in [1.165, 1.54) is 0 Å². The summed E-state index contributed by atoms with van der Waals surface area (Å²) in [5, 5.41) is 10.1. The number of halogens is 2. The number of alkyl halides is 2. The van der Waals surface area contributed by atoms with Crippen molar-refractivity contribution in [1.29, 1.82) is 5.26 Å². The van der Waals surface area contributed by atoms with E-state index in [-0.39, 0.29) is 0 Å². The summed E-state index contributed by atoms with van der Waals surface area (Å²) < 4.78 is 24.9. The largest absolute Gasteiger partial charge is 0.408 e. The van der Waals surface area contributed by atoms with Crippen molar-refractivity contribution in [3.8, 4) is 6.07 Å². The first-order valence-corrected chi connectivity index (χ1v) is 3.87. The van der Waals surface area contributed by atoms with E-state index < -0.39 is 17.4 Å². The van der Waals surface area contributed by atoms with E-state index in [2.05, 4.69) is 5.32 Å². The highest BCUT2D eigenvalue weighted by molar-refractivity contribution is 5.86. The number of carbonyl (C=O) groups excluding carboxylic acids is 1. The lowest BCUT2D eigenvalue weighted by atomic mass is 10.0.